The van der Waals surface area contributed by atoms with Crippen LogP contribution in [0.4, 0.5) is 0 Å². The Labute approximate surface area is 258 Å². The van der Waals surface area contributed by atoms with E-state index in [-0.39, 0.29) is 18.4 Å². The molecule has 2 heterocycles. The Hall–Kier alpha value is -5.90. The smallest absolute Gasteiger partial charge is 0.337 e. The summed E-state index contributed by atoms with van der Waals surface area (Å²) in [7, 11) is 2.76. The van der Waals surface area contributed by atoms with Crippen molar-refractivity contribution in [1.29, 1.82) is 0 Å². The summed E-state index contributed by atoms with van der Waals surface area (Å²) in [6.07, 6.45) is 0.224. The summed E-state index contributed by atoms with van der Waals surface area (Å²) in [5.41, 5.74) is 10.4. The van der Waals surface area contributed by atoms with E-state index in [0.29, 0.717) is 18.7 Å². The second kappa shape index (κ2) is 11.6. The van der Waals surface area contributed by atoms with Crippen molar-refractivity contribution in [2.45, 2.75) is 19.5 Å². The summed E-state index contributed by atoms with van der Waals surface area (Å²) in [6.45, 7) is 0.935. The standard InChI is InChI=1S/C35H28N6O4/c1-44-30(42)19-22-11-13-23(14-12-22)20-40-33-28-9-5-3-7-26(28)32-34(29-10-6-4-8-27(29)31(33)36-38-40)41(39-37-32)21-24-15-17-25(18-16-24)35(43)45-2/h3-18H,19-21H2,1-2H3. The number of carbonyl (C=O) groups is 2. The number of aromatic nitrogens is 6. The number of fused-ring (bicyclic) bond motifs is 8. The third kappa shape index (κ3) is 5.16. The maximum atomic E-state index is 11.9. The van der Waals surface area contributed by atoms with Crippen molar-refractivity contribution >= 4 is 11.9 Å². The number of hydrogen-bond donors (Lipinski definition) is 0. The SMILES string of the molecule is COC(=O)Cc1ccc(Cn2nnc3c2-c2ccccc2-c2nnn(Cc4ccc(C(=O)OC)cc4)c2-c2ccccc2-3)cc1. The van der Waals surface area contributed by atoms with E-state index < -0.39 is 0 Å². The van der Waals surface area contributed by atoms with Crippen molar-refractivity contribution in [1.82, 2.24) is 30.0 Å². The molecule has 0 spiro atoms. The minimum absolute atomic E-state index is 0.224. The first-order valence-electron chi connectivity index (χ1n) is 14.4. The topological polar surface area (TPSA) is 114 Å². The predicted octanol–water partition coefficient (Wildman–Crippen LogP) is 5.45. The lowest BCUT2D eigenvalue weighted by atomic mass is 9.89. The maximum Gasteiger partial charge on any atom is 0.337 e. The van der Waals surface area contributed by atoms with Gasteiger partial charge in [-0.25, -0.2) is 14.2 Å². The molecule has 0 unspecified atom stereocenters. The lowest BCUT2D eigenvalue weighted by molar-refractivity contribution is -0.139. The molecule has 0 bridgehead atoms. The molecule has 0 saturated carbocycles. The van der Waals surface area contributed by atoms with E-state index in [2.05, 4.69) is 34.7 Å². The lowest BCUT2D eigenvalue weighted by Gasteiger charge is -2.19. The quantitative estimate of drug-likeness (QED) is 0.223. The van der Waals surface area contributed by atoms with Crippen LogP contribution in [-0.2, 0) is 33.8 Å². The fourth-order valence-electron chi connectivity index (χ4n) is 5.75. The Morgan fingerprint density at radius 1 is 0.578 bits per heavy atom. The highest BCUT2D eigenvalue weighted by molar-refractivity contribution is 5.99. The average Bonchev–Trinajstić information content (AvgIpc) is 3.68. The van der Waals surface area contributed by atoms with Crippen LogP contribution in [0.25, 0.3) is 45.0 Å². The molecule has 10 nitrogen and oxygen atoms in total. The van der Waals surface area contributed by atoms with Crippen LogP contribution in [0, 0.1) is 0 Å². The van der Waals surface area contributed by atoms with Crippen molar-refractivity contribution < 1.29 is 19.1 Å². The van der Waals surface area contributed by atoms with Gasteiger partial charge in [-0.3, -0.25) is 4.79 Å². The molecule has 4 aromatic carbocycles. The summed E-state index contributed by atoms with van der Waals surface area (Å²) in [5.74, 6) is -0.652. The highest BCUT2D eigenvalue weighted by Gasteiger charge is 2.30. The Kier molecular flexibility index (Phi) is 7.22. The molecule has 0 atom stereocenters. The number of rotatable bonds is 7. The Morgan fingerprint density at radius 3 is 1.49 bits per heavy atom. The van der Waals surface area contributed by atoms with E-state index in [1.54, 1.807) is 12.1 Å². The lowest BCUT2D eigenvalue weighted by Crippen LogP contribution is -2.08. The minimum atomic E-state index is -0.377. The van der Waals surface area contributed by atoms with Gasteiger partial charge in [-0.1, -0.05) is 95.4 Å². The third-order valence-corrected chi connectivity index (χ3v) is 7.98. The summed E-state index contributed by atoms with van der Waals surface area (Å²) in [4.78, 5) is 23.7. The maximum absolute atomic E-state index is 11.9. The molecule has 7 rings (SSSR count). The zero-order chi connectivity index (χ0) is 30.9. The van der Waals surface area contributed by atoms with Crippen molar-refractivity contribution in [3.05, 3.63) is 119 Å². The summed E-state index contributed by atoms with van der Waals surface area (Å²) >= 11 is 0. The van der Waals surface area contributed by atoms with Crippen molar-refractivity contribution in [2.24, 2.45) is 0 Å². The van der Waals surface area contributed by atoms with Gasteiger partial charge < -0.3 is 9.47 Å². The van der Waals surface area contributed by atoms with Crippen LogP contribution in [0.5, 0.6) is 0 Å². The fraction of sp³-hybridized carbons (Fsp3) is 0.143. The highest BCUT2D eigenvalue weighted by atomic mass is 16.5. The molecule has 0 radical (unpaired) electrons. The van der Waals surface area contributed by atoms with Crippen molar-refractivity contribution in [2.75, 3.05) is 14.2 Å². The number of ether oxygens (including phenoxy) is 2. The van der Waals surface area contributed by atoms with Crippen LogP contribution in [0.3, 0.4) is 0 Å². The molecule has 222 valence electrons. The van der Waals surface area contributed by atoms with Crippen LogP contribution in [0.2, 0.25) is 0 Å². The van der Waals surface area contributed by atoms with Crippen LogP contribution in [-0.4, -0.2) is 56.1 Å². The van der Waals surface area contributed by atoms with Crippen LogP contribution in [0.1, 0.15) is 27.0 Å². The van der Waals surface area contributed by atoms with Crippen LogP contribution in [0.15, 0.2) is 97.1 Å². The van der Waals surface area contributed by atoms with Gasteiger partial charge in [0.15, 0.2) is 0 Å². The molecule has 1 aliphatic carbocycles. The van der Waals surface area contributed by atoms with E-state index in [1.807, 2.05) is 70.0 Å². The van der Waals surface area contributed by atoms with Gasteiger partial charge >= 0.3 is 11.9 Å². The molecule has 0 amide bonds. The van der Waals surface area contributed by atoms with Gasteiger partial charge in [0.05, 0.1) is 50.7 Å². The third-order valence-electron chi connectivity index (χ3n) is 7.98. The average molecular weight is 597 g/mol. The normalized spacial score (nSPS) is 11.3. The largest absolute Gasteiger partial charge is 0.469 e. The monoisotopic (exact) mass is 596 g/mol. The molecule has 6 aromatic rings. The molecule has 45 heavy (non-hydrogen) atoms. The van der Waals surface area contributed by atoms with E-state index in [9.17, 15) is 9.59 Å². The first-order valence-corrected chi connectivity index (χ1v) is 14.4. The summed E-state index contributed by atoms with van der Waals surface area (Å²) in [5, 5.41) is 18.7. The number of benzene rings is 4. The second-order valence-corrected chi connectivity index (χ2v) is 10.7. The molecular formula is C35H28N6O4. The van der Waals surface area contributed by atoms with Crippen molar-refractivity contribution in [3.8, 4) is 45.0 Å². The summed E-state index contributed by atoms with van der Waals surface area (Å²) in [6, 6.07) is 31.4. The van der Waals surface area contributed by atoms with Gasteiger partial charge in [-0.05, 0) is 28.8 Å². The van der Waals surface area contributed by atoms with Crippen LogP contribution >= 0.6 is 0 Å². The Morgan fingerprint density at radius 2 is 1.02 bits per heavy atom. The zero-order valence-electron chi connectivity index (χ0n) is 24.7. The summed E-state index contributed by atoms with van der Waals surface area (Å²) < 4.78 is 13.5. The van der Waals surface area contributed by atoms with E-state index in [0.717, 1.165) is 61.7 Å². The van der Waals surface area contributed by atoms with Gasteiger partial charge in [0.2, 0.25) is 0 Å². The number of hydrogen-bond acceptors (Lipinski definition) is 8. The molecule has 0 saturated heterocycles. The number of carbonyl (C=O) groups excluding carboxylic acids is 2. The van der Waals surface area contributed by atoms with Gasteiger partial charge in [0.25, 0.3) is 0 Å². The molecule has 2 aromatic heterocycles. The predicted molar refractivity (Wildman–Crippen MR) is 167 cm³/mol. The first kappa shape index (κ1) is 27.9. The number of nitrogens with zero attached hydrogens (tertiary/aromatic N) is 6. The molecular weight excluding hydrogens is 568 g/mol. The molecule has 10 heteroatoms. The van der Waals surface area contributed by atoms with Gasteiger partial charge in [0.1, 0.15) is 11.4 Å². The second-order valence-electron chi connectivity index (χ2n) is 10.7. The Balaban J connectivity index is 1.32. The fourth-order valence-corrected chi connectivity index (χ4v) is 5.75. The highest BCUT2D eigenvalue weighted by Crippen LogP contribution is 2.46. The Bertz CT molecular complexity index is 2040. The molecule has 0 fully saturated rings. The van der Waals surface area contributed by atoms with Crippen molar-refractivity contribution in [3.63, 3.8) is 0 Å². The zero-order valence-corrected chi connectivity index (χ0v) is 24.7. The van der Waals surface area contributed by atoms with E-state index >= 15 is 0 Å². The number of methoxy groups -OCH3 is 2. The molecule has 0 N–H and O–H groups in total. The molecule has 0 aliphatic heterocycles. The van der Waals surface area contributed by atoms with E-state index in [4.69, 9.17) is 19.7 Å². The molecule has 1 aliphatic rings. The van der Waals surface area contributed by atoms with E-state index in [1.165, 1.54) is 14.2 Å². The minimum Gasteiger partial charge on any atom is -0.469 e. The first-order chi connectivity index (χ1) is 22.0. The van der Waals surface area contributed by atoms with Gasteiger partial charge in [-0.2, -0.15) is 0 Å². The van der Waals surface area contributed by atoms with Gasteiger partial charge in [0, 0.05) is 22.3 Å². The van der Waals surface area contributed by atoms with Crippen LogP contribution < -0.4 is 0 Å². The number of esters is 2. The van der Waals surface area contributed by atoms with Gasteiger partial charge in [-0.15, -0.1) is 10.2 Å².